The molecule has 5 nitrogen and oxygen atoms in total. The summed E-state index contributed by atoms with van der Waals surface area (Å²) in [6.45, 7) is 5.93. The van der Waals surface area contributed by atoms with Gasteiger partial charge in [0.15, 0.2) is 11.5 Å². The normalized spacial score (nSPS) is 17.3. The van der Waals surface area contributed by atoms with Crippen LogP contribution in [0.25, 0.3) is 0 Å². The molecule has 0 spiro atoms. The first kappa shape index (κ1) is 20.5. The van der Waals surface area contributed by atoms with Crippen LogP contribution >= 0.6 is 39.9 Å². The molecule has 138 valence electrons. The summed E-state index contributed by atoms with van der Waals surface area (Å²) in [6, 6.07) is 3.91. The van der Waals surface area contributed by atoms with Crippen molar-refractivity contribution in [2.45, 2.75) is 25.5 Å². The lowest BCUT2D eigenvalue weighted by molar-refractivity contribution is -0.126. The van der Waals surface area contributed by atoms with E-state index in [4.69, 9.17) is 26.4 Å². The van der Waals surface area contributed by atoms with Gasteiger partial charge in [-0.3, -0.25) is 9.69 Å². The summed E-state index contributed by atoms with van der Waals surface area (Å²) < 4.78 is 17.8. The van der Waals surface area contributed by atoms with Gasteiger partial charge in [-0.25, -0.2) is 0 Å². The quantitative estimate of drug-likeness (QED) is 0.538. The summed E-state index contributed by atoms with van der Waals surface area (Å²) in [6.07, 6.45) is 0.582. The predicted octanol–water partition coefficient (Wildman–Crippen LogP) is 3.66. The molecule has 1 aliphatic rings. The molecule has 0 aromatic heterocycles. The molecule has 0 bridgehead atoms. The van der Waals surface area contributed by atoms with Crippen LogP contribution in [0.4, 0.5) is 0 Å². The van der Waals surface area contributed by atoms with Gasteiger partial charge in [-0.15, -0.1) is 0 Å². The first-order valence-corrected chi connectivity index (χ1v) is 10.2. The van der Waals surface area contributed by atoms with Crippen molar-refractivity contribution in [3.8, 4) is 11.5 Å². The van der Waals surface area contributed by atoms with Crippen molar-refractivity contribution in [1.29, 1.82) is 0 Å². The third kappa shape index (κ3) is 5.09. The number of carbonyl (C=O) groups excluding carboxylic acids is 1. The van der Waals surface area contributed by atoms with E-state index in [-0.39, 0.29) is 11.2 Å². The number of halogens is 1. The minimum absolute atomic E-state index is 0.0371. The number of thiocarbonyl (C=S) groups is 1. The van der Waals surface area contributed by atoms with Crippen LogP contribution in [0.3, 0.4) is 0 Å². The van der Waals surface area contributed by atoms with Crippen LogP contribution < -0.4 is 9.47 Å². The van der Waals surface area contributed by atoms with Gasteiger partial charge in [-0.2, -0.15) is 0 Å². The van der Waals surface area contributed by atoms with Gasteiger partial charge in [-0.05, 0) is 53.9 Å². The Morgan fingerprint density at radius 3 is 2.64 bits per heavy atom. The molecule has 0 N–H and O–H groups in total. The number of methoxy groups -OCH3 is 1. The highest BCUT2D eigenvalue weighted by Gasteiger charge is 2.36. The van der Waals surface area contributed by atoms with Gasteiger partial charge < -0.3 is 14.2 Å². The average molecular weight is 448 g/mol. The molecule has 2 rings (SSSR count). The molecule has 8 heteroatoms. The molecule has 1 aromatic carbocycles. The number of nitrogens with zero attached hydrogens (tertiary/aromatic N) is 1. The second-order valence-electron chi connectivity index (χ2n) is 5.33. The highest BCUT2D eigenvalue weighted by atomic mass is 79.9. The first-order valence-electron chi connectivity index (χ1n) is 8.10. The van der Waals surface area contributed by atoms with Crippen molar-refractivity contribution in [1.82, 2.24) is 4.90 Å². The number of thioether (sulfide) groups is 1. The molecule has 1 aliphatic heterocycles. The number of benzene rings is 1. The van der Waals surface area contributed by atoms with Crippen LogP contribution in [0.15, 0.2) is 16.6 Å². The van der Waals surface area contributed by atoms with Gasteiger partial charge in [-0.1, -0.05) is 24.0 Å². The summed E-state index contributed by atoms with van der Waals surface area (Å²) in [5.41, 5.74) is 1.00. The number of hydrogen-bond donors (Lipinski definition) is 0. The smallest absolute Gasteiger partial charge is 0.242 e. The Hall–Kier alpha value is -0.830. The lowest BCUT2D eigenvalue weighted by Crippen LogP contribution is -2.34. The van der Waals surface area contributed by atoms with Crippen molar-refractivity contribution in [2.75, 3.05) is 33.5 Å². The maximum atomic E-state index is 12.6. The van der Waals surface area contributed by atoms with Crippen molar-refractivity contribution in [3.63, 3.8) is 0 Å². The molecule has 1 heterocycles. The van der Waals surface area contributed by atoms with E-state index < -0.39 is 0 Å². The van der Waals surface area contributed by atoms with Gasteiger partial charge in [0.25, 0.3) is 0 Å². The molecular formula is C17H22BrNO4S2. The van der Waals surface area contributed by atoms with Crippen LogP contribution in [-0.4, -0.2) is 53.9 Å². The molecule has 1 atom stereocenters. The number of ether oxygens (including phenoxy) is 3. The van der Waals surface area contributed by atoms with Crippen LogP contribution in [0.1, 0.15) is 19.4 Å². The third-order valence-corrected chi connectivity index (χ3v) is 5.78. The Balaban J connectivity index is 2.17. The summed E-state index contributed by atoms with van der Waals surface area (Å²) in [5, 5.41) is -0.219. The van der Waals surface area contributed by atoms with Crippen molar-refractivity contribution in [2.24, 2.45) is 0 Å². The van der Waals surface area contributed by atoms with Crippen LogP contribution in [0.5, 0.6) is 11.5 Å². The van der Waals surface area contributed by atoms with Crippen molar-refractivity contribution in [3.05, 3.63) is 22.2 Å². The average Bonchev–Trinajstić information content (AvgIpc) is 2.83. The molecule has 1 amide bonds. The number of hydrogen-bond acceptors (Lipinski definition) is 6. The molecule has 1 saturated heterocycles. The van der Waals surface area contributed by atoms with Gasteiger partial charge in [0, 0.05) is 7.11 Å². The standard InChI is InChI=1S/C17H22BrNO4S2/c1-4-22-13-9-11(8-12(18)15(13)23-5-2)10-14-16(20)19(6-7-21-3)17(24)25-14/h8-9,14H,4-7,10H2,1-3H3/t14-/m0/s1. The summed E-state index contributed by atoms with van der Waals surface area (Å²) in [7, 11) is 1.61. The van der Waals surface area contributed by atoms with E-state index in [0.717, 1.165) is 10.0 Å². The second kappa shape index (κ2) is 9.75. The van der Waals surface area contributed by atoms with Crippen molar-refractivity contribution >= 4 is 50.1 Å². The molecule has 25 heavy (non-hydrogen) atoms. The Morgan fingerprint density at radius 1 is 1.28 bits per heavy atom. The fourth-order valence-electron chi connectivity index (χ4n) is 2.51. The highest BCUT2D eigenvalue weighted by molar-refractivity contribution is 9.10. The monoisotopic (exact) mass is 447 g/mol. The lowest BCUT2D eigenvalue weighted by atomic mass is 10.1. The van der Waals surface area contributed by atoms with E-state index >= 15 is 0 Å². The summed E-state index contributed by atoms with van der Waals surface area (Å²) >= 11 is 10.3. The number of amides is 1. The molecule has 1 fully saturated rings. The Kier molecular flexibility index (Phi) is 7.99. The van der Waals surface area contributed by atoms with Crippen LogP contribution in [0.2, 0.25) is 0 Å². The van der Waals surface area contributed by atoms with Crippen LogP contribution in [-0.2, 0) is 16.0 Å². The summed E-state index contributed by atoms with van der Waals surface area (Å²) in [5.74, 6) is 1.41. The minimum Gasteiger partial charge on any atom is -0.490 e. The molecule has 0 unspecified atom stereocenters. The zero-order chi connectivity index (χ0) is 18.4. The maximum absolute atomic E-state index is 12.6. The topological polar surface area (TPSA) is 48.0 Å². The van der Waals surface area contributed by atoms with Gasteiger partial charge in [0.1, 0.15) is 4.32 Å². The second-order valence-corrected chi connectivity index (χ2v) is 8.02. The zero-order valence-electron chi connectivity index (χ0n) is 14.5. The van der Waals surface area contributed by atoms with E-state index in [1.54, 1.807) is 12.0 Å². The molecule has 0 radical (unpaired) electrons. The molecular weight excluding hydrogens is 426 g/mol. The predicted molar refractivity (Wildman–Crippen MR) is 108 cm³/mol. The van der Waals surface area contributed by atoms with Crippen molar-refractivity contribution < 1.29 is 19.0 Å². The van der Waals surface area contributed by atoms with E-state index in [9.17, 15) is 4.79 Å². The van der Waals surface area contributed by atoms with Gasteiger partial charge in [0.2, 0.25) is 5.91 Å². The molecule has 0 aliphatic carbocycles. The van der Waals surface area contributed by atoms with E-state index in [1.807, 2.05) is 26.0 Å². The highest BCUT2D eigenvalue weighted by Crippen LogP contribution is 2.38. The fraction of sp³-hybridized carbons (Fsp3) is 0.529. The Bertz CT molecular complexity index is 641. The van der Waals surface area contributed by atoms with E-state index in [2.05, 4.69) is 15.9 Å². The zero-order valence-corrected chi connectivity index (χ0v) is 17.8. The van der Waals surface area contributed by atoms with E-state index in [1.165, 1.54) is 11.8 Å². The Morgan fingerprint density at radius 2 is 2.00 bits per heavy atom. The van der Waals surface area contributed by atoms with E-state index in [0.29, 0.717) is 48.6 Å². The molecule has 1 aromatic rings. The third-order valence-electron chi connectivity index (χ3n) is 3.60. The minimum atomic E-state index is -0.219. The SMILES string of the molecule is CCOc1cc(C[C@@H]2SC(=S)N(CCOC)C2=O)cc(Br)c1OCC. The fourth-order valence-corrected chi connectivity index (χ4v) is 4.70. The van der Waals surface area contributed by atoms with Gasteiger partial charge >= 0.3 is 0 Å². The maximum Gasteiger partial charge on any atom is 0.242 e. The number of carbonyl (C=O) groups is 1. The van der Waals surface area contributed by atoms with Gasteiger partial charge in [0.05, 0.1) is 36.1 Å². The van der Waals surface area contributed by atoms with Crippen LogP contribution in [0, 0.1) is 0 Å². The largest absolute Gasteiger partial charge is 0.490 e. The summed E-state index contributed by atoms with van der Waals surface area (Å²) in [4.78, 5) is 14.2. The first-order chi connectivity index (χ1) is 12.0. The number of rotatable bonds is 9. The lowest BCUT2D eigenvalue weighted by Gasteiger charge is -2.16. The molecule has 0 saturated carbocycles. The Labute approximate surface area is 166 Å².